The van der Waals surface area contributed by atoms with E-state index in [-0.39, 0.29) is 17.2 Å². The molecule has 1 heterocycles. The van der Waals surface area contributed by atoms with Crippen LogP contribution in [-0.2, 0) is 4.79 Å². The highest BCUT2D eigenvalue weighted by molar-refractivity contribution is 5.91. The minimum absolute atomic E-state index is 0.0871. The fourth-order valence-electron chi connectivity index (χ4n) is 2.91. The van der Waals surface area contributed by atoms with E-state index in [0.717, 1.165) is 12.8 Å². The molecule has 0 unspecified atom stereocenters. The molecule has 1 aromatic heterocycles. The highest BCUT2D eigenvalue weighted by Crippen LogP contribution is 2.19. The summed E-state index contributed by atoms with van der Waals surface area (Å²) in [4.78, 5) is 16.2. The minimum atomic E-state index is 0.0871. The molecule has 0 saturated heterocycles. The van der Waals surface area contributed by atoms with E-state index in [1.807, 2.05) is 13.8 Å². The molecule has 2 aromatic rings. The SMILES string of the molecule is COc1ccc2c(c1)nc(NCCCCNC(=O)CC(C)C)c(=N)n2C(C)=N. The number of carbonyl (C=O) groups excluding carboxylic acids is 1. The number of fused-ring (bicyclic) bond motifs is 1. The summed E-state index contributed by atoms with van der Waals surface area (Å²) in [6, 6.07) is 5.40. The van der Waals surface area contributed by atoms with Gasteiger partial charge >= 0.3 is 0 Å². The van der Waals surface area contributed by atoms with Gasteiger partial charge in [0.05, 0.1) is 18.1 Å². The molecule has 0 aliphatic heterocycles. The number of nitrogens with one attached hydrogen (secondary N) is 4. The van der Waals surface area contributed by atoms with Gasteiger partial charge in [0.2, 0.25) is 5.91 Å². The van der Waals surface area contributed by atoms with Crippen molar-refractivity contribution in [3.63, 3.8) is 0 Å². The van der Waals surface area contributed by atoms with Crippen LogP contribution in [0.4, 0.5) is 5.82 Å². The summed E-state index contributed by atoms with van der Waals surface area (Å²) >= 11 is 0. The number of ether oxygens (including phenoxy) is 1. The van der Waals surface area contributed by atoms with E-state index >= 15 is 0 Å². The smallest absolute Gasteiger partial charge is 0.220 e. The maximum atomic E-state index is 11.6. The average Bonchev–Trinajstić information content (AvgIpc) is 2.63. The summed E-state index contributed by atoms with van der Waals surface area (Å²) in [6.07, 6.45) is 2.23. The molecular formula is C20H30N6O2. The second kappa shape index (κ2) is 9.87. The third-order valence-corrected chi connectivity index (χ3v) is 4.25. The van der Waals surface area contributed by atoms with Crippen LogP contribution < -0.4 is 20.9 Å². The summed E-state index contributed by atoms with van der Waals surface area (Å²) in [5.41, 5.74) is 1.50. The van der Waals surface area contributed by atoms with Crippen molar-refractivity contribution >= 4 is 28.6 Å². The number of nitrogens with zero attached hydrogens (tertiary/aromatic N) is 2. The first-order valence-corrected chi connectivity index (χ1v) is 9.55. The number of aromatic nitrogens is 2. The zero-order valence-electron chi connectivity index (χ0n) is 17.1. The van der Waals surface area contributed by atoms with Gasteiger partial charge in [-0.25, -0.2) is 4.98 Å². The molecule has 1 amide bonds. The first-order valence-electron chi connectivity index (χ1n) is 9.55. The molecule has 8 nitrogen and oxygen atoms in total. The molecule has 8 heteroatoms. The quantitative estimate of drug-likeness (QED) is 0.301. The Hall–Kier alpha value is -2.90. The van der Waals surface area contributed by atoms with Crippen molar-refractivity contribution in [1.29, 1.82) is 10.8 Å². The third kappa shape index (κ3) is 5.55. The monoisotopic (exact) mass is 386 g/mol. The molecule has 0 aliphatic rings. The molecule has 0 spiro atoms. The molecule has 0 fully saturated rings. The van der Waals surface area contributed by atoms with E-state index in [4.69, 9.17) is 15.6 Å². The Morgan fingerprint density at radius 1 is 1.29 bits per heavy atom. The fraction of sp³-hybridized carbons (Fsp3) is 0.500. The van der Waals surface area contributed by atoms with Crippen molar-refractivity contribution in [2.24, 2.45) is 5.92 Å². The van der Waals surface area contributed by atoms with Crippen molar-refractivity contribution < 1.29 is 9.53 Å². The Balaban J connectivity index is 2.02. The third-order valence-electron chi connectivity index (χ3n) is 4.25. The maximum absolute atomic E-state index is 11.6. The van der Waals surface area contributed by atoms with Crippen LogP contribution in [0.1, 0.15) is 40.0 Å². The normalized spacial score (nSPS) is 10.9. The zero-order chi connectivity index (χ0) is 20.7. The Morgan fingerprint density at radius 3 is 2.64 bits per heavy atom. The van der Waals surface area contributed by atoms with E-state index in [9.17, 15) is 4.79 Å². The van der Waals surface area contributed by atoms with Crippen molar-refractivity contribution in [2.75, 3.05) is 25.5 Å². The van der Waals surface area contributed by atoms with Crippen LogP contribution in [0.2, 0.25) is 0 Å². The number of rotatable bonds is 9. The number of amides is 1. The van der Waals surface area contributed by atoms with Crippen molar-refractivity contribution in [1.82, 2.24) is 14.9 Å². The lowest BCUT2D eigenvalue weighted by Crippen LogP contribution is -2.29. The van der Waals surface area contributed by atoms with E-state index in [2.05, 4.69) is 15.6 Å². The fourth-order valence-corrected chi connectivity index (χ4v) is 2.91. The Kier molecular flexibility index (Phi) is 7.54. The lowest BCUT2D eigenvalue weighted by Gasteiger charge is -2.14. The number of carbonyl (C=O) groups is 1. The van der Waals surface area contributed by atoms with Gasteiger partial charge in [-0.3, -0.25) is 20.2 Å². The van der Waals surface area contributed by atoms with Crippen molar-refractivity contribution in [3.8, 4) is 5.75 Å². The molecule has 0 atom stereocenters. The summed E-state index contributed by atoms with van der Waals surface area (Å²) < 4.78 is 6.81. The Bertz CT molecular complexity index is 903. The van der Waals surface area contributed by atoms with Gasteiger partial charge in [0.1, 0.15) is 11.6 Å². The van der Waals surface area contributed by atoms with E-state index in [1.54, 1.807) is 36.8 Å². The maximum Gasteiger partial charge on any atom is 0.220 e. The van der Waals surface area contributed by atoms with Gasteiger partial charge in [-0.2, -0.15) is 0 Å². The molecule has 0 radical (unpaired) electrons. The summed E-state index contributed by atoms with van der Waals surface area (Å²) in [5, 5.41) is 22.5. The van der Waals surface area contributed by atoms with Crippen LogP contribution in [0.5, 0.6) is 5.75 Å². The predicted octanol–water partition coefficient (Wildman–Crippen LogP) is 2.72. The number of anilines is 1. The molecule has 0 saturated carbocycles. The van der Waals surface area contributed by atoms with Crippen LogP contribution in [0.25, 0.3) is 11.0 Å². The zero-order valence-corrected chi connectivity index (χ0v) is 17.1. The first-order chi connectivity index (χ1) is 13.3. The summed E-state index contributed by atoms with van der Waals surface area (Å²) in [5.74, 6) is 1.80. The lowest BCUT2D eigenvalue weighted by molar-refractivity contribution is -0.121. The molecule has 1 aromatic carbocycles. The predicted molar refractivity (Wildman–Crippen MR) is 111 cm³/mol. The van der Waals surface area contributed by atoms with Gasteiger partial charge in [0.15, 0.2) is 11.3 Å². The van der Waals surface area contributed by atoms with E-state index < -0.39 is 0 Å². The molecule has 152 valence electrons. The molecule has 2 rings (SSSR count). The Morgan fingerprint density at radius 2 is 2.00 bits per heavy atom. The Labute approximate surface area is 165 Å². The van der Waals surface area contributed by atoms with Crippen LogP contribution >= 0.6 is 0 Å². The topological polar surface area (TPSA) is 116 Å². The molecule has 28 heavy (non-hydrogen) atoms. The molecule has 4 N–H and O–H groups in total. The summed E-state index contributed by atoms with van der Waals surface area (Å²) in [6.45, 7) is 6.96. The number of benzene rings is 1. The number of methoxy groups -OCH3 is 1. The molecule has 0 bridgehead atoms. The number of unbranched alkanes of at least 4 members (excludes halogenated alkanes) is 1. The molecule has 0 aliphatic carbocycles. The first kappa shape index (κ1) is 21.4. The van der Waals surface area contributed by atoms with Crippen LogP contribution in [0.3, 0.4) is 0 Å². The highest BCUT2D eigenvalue weighted by atomic mass is 16.5. The van der Waals surface area contributed by atoms with Gasteiger partial charge in [-0.1, -0.05) is 13.8 Å². The van der Waals surface area contributed by atoms with Gasteiger partial charge in [-0.15, -0.1) is 0 Å². The van der Waals surface area contributed by atoms with Crippen molar-refractivity contribution in [3.05, 3.63) is 23.7 Å². The average molecular weight is 387 g/mol. The standard InChI is InChI=1S/C20H30N6O2/c1-13(2)11-18(27)23-9-5-6-10-24-20-19(22)26(14(3)21)17-8-7-15(28-4)12-16(17)25-20/h7-8,12-13,21-22H,5-6,9-11H2,1-4H3,(H,23,27)(H,24,25). The van der Waals surface area contributed by atoms with Gasteiger partial charge in [0, 0.05) is 25.6 Å². The van der Waals surface area contributed by atoms with Gasteiger partial charge < -0.3 is 15.4 Å². The minimum Gasteiger partial charge on any atom is -0.497 e. The highest BCUT2D eigenvalue weighted by Gasteiger charge is 2.11. The van der Waals surface area contributed by atoms with E-state index in [0.29, 0.717) is 48.0 Å². The largest absolute Gasteiger partial charge is 0.497 e. The number of hydrogen-bond acceptors (Lipinski definition) is 6. The number of hydrogen-bond donors (Lipinski definition) is 4. The lowest BCUT2D eigenvalue weighted by atomic mass is 10.1. The van der Waals surface area contributed by atoms with Crippen LogP contribution in [0, 0.1) is 16.7 Å². The second-order valence-electron chi connectivity index (χ2n) is 7.17. The second-order valence-corrected chi connectivity index (χ2v) is 7.17. The van der Waals surface area contributed by atoms with Crippen molar-refractivity contribution in [2.45, 2.75) is 40.0 Å². The van der Waals surface area contributed by atoms with Crippen LogP contribution in [-0.4, -0.2) is 41.5 Å². The van der Waals surface area contributed by atoms with Gasteiger partial charge in [-0.05, 0) is 37.8 Å². The molecular weight excluding hydrogens is 356 g/mol. The van der Waals surface area contributed by atoms with E-state index in [1.165, 1.54) is 0 Å². The van der Waals surface area contributed by atoms with Crippen LogP contribution in [0.15, 0.2) is 18.2 Å². The summed E-state index contributed by atoms with van der Waals surface area (Å²) in [7, 11) is 1.59. The van der Waals surface area contributed by atoms with Gasteiger partial charge in [0.25, 0.3) is 0 Å².